The molecular formula is C18H26N6S. The van der Waals surface area contributed by atoms with Gasteiger partial charge in [0, 0.05) is 44.0 Å². The van der Waals surface area contributed by atoms with E-state index in [-0.39, 0.29) is 0 Å². The van der Waals surface area contributed by atoms with Crippen LogP contribution >= 0.6 is 11.3 Å². The Morgan fingerprint density at radius 1 is 1.16 bits per heavy atom. The monoisotopic (exact) mass is 358 g/mol. The number of aryl methyl sites for hydroxylation is 1. The van der Waals surface area contributed by atoms with E-state index >= 15 is 0 Å². The van der Waals surface area contributed by atoms with Crippen molar-refractivity contribution in [3.05, 3.63) is 40.0 Å². The third-order valence-electron chi connectivity index (χ3n) is 4.28. The van der Waals surface area contributed by atoms with Gasteiger partial charge >= 0.3 is 0 Å². The summed E-state index contributed by atoms with van der Waals surface area (Å²) in [5, 5.41) is 7.72. The van der Waals surface area contributed by atoms with Crippen LogP contribution in [0, 0.1) is 0 Å². The van der Waals surface area contributed by atoms with Crippen molar-refractivity contribution in [3.63, 3.8) is 0 Å². The highest BCUT2D eigenvalue weighted by atomic mass is 32.1. The molecule has 134 valence electrons. The highest BCUT2D eigenvalue weighted by Gasteiger charge is 2.13. The van der Waals surface area contributed by atoms with Crippen molar-refractivity contribution in [3.8, 4) is 0 Å². The average Bonchev–Trinajstić information content (AvgIpc) is 3.34. The standard InChI is InChI=1S/C18H26N6S/c1-3-15-12-21-17(25-15)13-23-18(19-2)22-11-14-6-7-16(20-10-14)24-8-4-5-9-24/h6-7,10,12H,3-5,8-9,11,13H2,1-2H3,(H2,19,22,23). The number of aromatic nitrogens is 2. The summed E-state index contributed by atoms with van der Waals surface area (Å²) < 4.78 is 0. The first kappa shape index (κ1) is 17.7. The highest BCUT2D eigenvalue weighted by Crippen LogP contribution is 2.17. The number of pyridine rings is 1. The molecule has 0 amide bonds. The Balaban J connectivity index is 1.47. The van der Waals surface area contributed by atoms with Crippen LogP contribution in [0.3, 0.4) is 0 Å². The molecule has 0 saturated carbocycles. The fraction of sp³-hybridized carbons (Fsp3) is 0.500. The van der Waals surface area contributed by atoms with E-state index < -0.39 is 0 Å². The second-order valence-electron chi connectivity index (χ2n) is 6.07. The molecule has 3 heterocycles. The molecule has 1 saturated heterocycles. The van der Waals surface area contributed by atoms with Crippen LogP contribution in [0.15, 0.2) is 29.5 Å². The number of nitrogens with one attached hydrogen (secondary N) is 2. The maximum atomic E-state index is 4.59. The smallest absolute Gasteiger partial charge is 0.191 e. The van der Waals surface area contributed by atoms with Gasteiger partial charge in [-0.25, -0.2) is 9.97 Å². The van der Waals surface area contributed by atoms with E-state index in [1.165, 1.54) is 17.7 Å². The second kappa shape index (κ2) is 8.80. The van der Waals surface area contributed by atoms with Gasteiger partial charge in [0.05, 0.1) is 6.54 Å². The first-order valence-corrected chi connectivity index (χ1v) is 9.68. The molecule has 0 atom stereocenters. The Labute approximate surface area is 153 Å². The zero-order valence-corrected chi connectivity index (χ0v) is 15.8. The number of aliphatic imine (C=N–C) groups is 1. The fourth-order valence-corrected chi connectivity index (χ4v) is 3.62. The molecular weight excluding hydrogens is 332 g/mol. The molecule has 0 spiro atoms. The SMILES string of the molecule is CCc1cnc(CNC(=NC)NCc2ccc(N3CCCC3)nc2)s1. The Hall–Kier alpha value is -2.15. The summed E-state index contributed by atoms with van der Waals surface area (Å²) in [5.41, 5.74) is 1.15. The molecule has 25 heavy (non-hydrogen) atoms. The van der Waals surface area contributed by atoms with Crippen LogP contribution in [0.1, 0.15) is 35.2 Å². The van der Waals surface area contributed by atoms with Gasteiger partial charge in [0.1, 0.15) is 10.8 Å². The number of anilines is 1. The van der Waals surface area contributed by atoms with E-state index in [4.69, 9.17) is 0 Å². The Kier molecular flexibility index (Phi) is 6.22. The van der Waals surface area contributed by atoms with E-state index in [0.29, 0.717) is 13.1 Å². The maximum Gasteiger partial charge on any atom is 0.191 e. The summed E-state index contributed by atoms with van der Waals surface area (Å²) in [4.78, 5) is 16.9. The molecule has 2 aromatic heterocycles. The lowest BCUT2D eigenvalue weighted by Crippen LogP contribution is -2.36. The number of rotatable bonds is 6. The quantitative estimate of drug-likeness (QED) is 0.614. The van der Waals surface area contributed by atoms with Crippen LogP contribution in [0.5, 0.6) is 0 Å². The third kappa shape index (κ3) is 4.92. The molecule has 0 unspecified atom stereocenters. The first-order valence-electron chi connectivity index (χ1n) is 8.86. The van der Waals surface area contributed by atoms with E-state index in [1.807, 2.05) is 12.4 Å². The van der Waals surface area contributed by atoms with Gasteiger partial charge in [-0.15, -0.1) is 11.3 Å². The molecule has 0 bridgehead atoms. The van der Waals surface area contributed by atoms with Crippen LogP contribution < -0.4 is 15.5 Å². The van der Waals surface area contributed by atoms with E-state index in [1.54, 1.807) is 18.4 Å². The lowest BCUT2D eigenvalue weighted by Gasteiger charge is -2.16. The van der Waals surface area contributed by atoms with E-state index in [0.717, 1.165) is 41.9 Å². The summed E-state index contributed by atoms with van der Waals surface area (Å²) in [6, 6.07) is 4.25. The Bertz CT molecular complexity index is 688. The third-order valence-corrected chi connectivity index (χ3v) is 5.42. The fourth-order valence-electron chi connectivity index (χ4n) is 2.81. The van der Waals surface area contributed by atoms with Gasteiger partial charge in [0.15, 0.2) is 5.96 Å². The van der Waals surface area contributed by atoms with Gasteiger partial charge in [-0.2, -0.15) is 0 Å². The van der Waals surface area contributed by atoms with Crippen molar-refractivity contribution >= 4 is 23.1 Å². The lowest BCUT2D eigenvalue weighted by molar-refractivity contribution is 0.802. The summed E-state index contributed by atoms with van der Waals surface area (Å²) in [5.74, 6) is 1.86. The van der Waals surface area contributed by atoms with Crippen LogP contribution in [0.4, 0.5) is 5.82 Å². The largest absolute Gasteiger partial charge is 0.357 e. The molecule has 2 N–H and O–H groups in total. The molecule has 1 aliphatic heterocycles. The molecule has 6 nitrogen and oxygen atoms in total. The number of guanidine groups is 1. The molecule has 0 aliphatic carbocycles. The highest BCUT2D eigenvalue weighted by molar-refractivity contribution is 7.11. The predicted molar refractivity (Wildman–Crippen MR) is 104 cm³/mol. The summed E-state index contributed by atoms with van der Waals surface area (Å²) in [7, 11) is 1.78. The van der Waals surface area contributed by atoms with Crippen molar-refractivity contribution < 1.29 is 0 Å². The van der Waals surface area contributed by atoms with Crippen LogP contribution in [0.2, 0.25) is 0 Å². The summed E-state index contributed by atoms with van der Waals surface area (Å²) in [6.07, 6.45) is 7.47. The zero-order valence-electron chi connectivity index (χ0n) is 15.0. The number of nitrogens with zero attached hydrogens (tertiary/aromatic N) is 4. The van der Waals surface area contributed by atoms with Crippen LogP contribution in [0.25, 0.3) is 0 Å². The number of hydrogen-bond donors (Lipinski definition) is 2. The normalized spacial score (nSPS) is 14.8. The average molecular weight is 359 g/mol. The first-order chi connectivity index (χ1) is 12.3. The predicted octanol–water partition coefficient (Wildman–Crippen LogP) is 2.57. The van der Waals surface area contributed by atoms with Crippen molar-refractivity contribution in [1.82, 2.24) is 20.6 Å². The lowest BCUT2D eigenvalue weighted by atomic mass is 10.3. The maximum absolute atomic E-state index is 4.59. The minimum absolute atomic E-state index is 0.691. The van der Waals surface area contributed by atoms with Gasteiger partial charge in [-0.05, 0) is 30.9 Å². The molecule has 0 aromatic carbocycles. The molecule has 3 rings (SSSR count). The molecule has 7 heteroatoms. The van der Waals surface area contributed by atoms with Crippen molar-refractivity contribution in [2.24, 2.45) is 4.99 Å². The Morgan fingerprint density at radius 2 is 1.96 bits per heavy atom. The number of hydrogen-bond acceptors (Lipinski definition) is 5. The molecule has 1 fully saturated rings. The van der Waals surface area contributed by atoms with Gasteiger partial charge in [0.2, 0.25) is 0 Å². The van der Waals surface area contributed by atoms with Gasteiger partial charge in [-0.1, -0.05) is 13.0 Å². The zero-order chi connectivity index (χ0) is 17.5. The topological polar surface area (TPSA) is 65.4 Å². The van der Waals surface area contributed by atoms with Crippen molar-refractivity contribution in [1.29, 1.82) is 0 Å². The van der Waals surface area contributed by atoms with Gasteiger partial charge in [-0.3, -0.25) is 4.99 Å². The minimum Gasteiger partial charge on any atom is -0.357 e. The second-order valence-corrected chi connectivity index (χ2v) is 7.27. The molecule has 2 aromatic rings. The van der Waals surface area contributed by atoms with Crippen LogP contribution in [-0.2, 0) is 19.5 Å². The summed E-state index contributed by atoms with van der Waals surface area (Å²) in [6.45, 7) is 5.78. The van der Waals surface area contributed by atoms with Crippen molar-refractivity contribution in [2.45, 2.75) is 39.3 Å². The van der Waals surface area contributed by atoms with Gasteiger partial charge < -0.3 is 15.5 Å². The van der Waals surface area contributed by atoms with E-state index in [2.05, 4.69) is 49.6 Å². The number of thiazole rings is 1. The van der Waals surface area contributed by atoms with E-state index in [9.17, 15) is 0 Å². The van der Waals surface area contributed by atoms with Crippen molar-refractivity contribution in [2.75, 3.05) is 25.0 Å². The van der Waals surface area contributed by atoms with Crippen LogP contribution in [-0.4, -0.2) is 36.1 Å². The molecule has 0 radical (unpaired) electrons. The molecule has 1 aliphatic rings. The van der Waals surface area contributed by atoms with Gasteiger partial charge in [0.25, 0.3) is 0 Å². The summed E-state index contributed by atoms with van der Waals surface area (Å²) >= 11 is 1.74. The minimum atomic E-state index is 0.691. The Morgan fingerprint density at radius 3 is 2.60 bits per heavy atom.